The molecule has 1 aliphatic carbocycles. The molecule has 0 aromatic carbocycles. The van der Waals surface area contributed by atoms with E-state index in [1.807, 2.05) is 6.07 Å². The number of nitrogens with zero attached hydrogens (tertiary/aromatic N) is 2. The van der Waals surface area contributed by atoms with Crippen LogP contribution in [-0.4, -0.2) is 16.0 Å². The van der Waals surface area contributed by atoms with Crippen LogP contribution in [0.3, 0.4) is 0 Å². The van der Waals surface area contributed by atoms with Crippen LogP contribution in [0.4, 0.5) is 11.6 Å². The van der Waals surface area contributed by atoms with Crippen molar-refractivity contribution in [2.45, 2.75) is 52.0 Å². The number of nitrogen functional groups attached to an aromatic ring is 1. The lowest BCUT2D eigenvalue weighted by Crippen LogP contribution is -2.18. The molecule has 0 saturated heterocycles. The normalized spacial score (nSPS) is 16.4. The highest BCUT2D eigenvalue weighted by Crippen LogP contribution is 2.34. The Labute approximate surface area is 109 Å². The van der Waals surface area contributed by atoms with E-state index >= 15 is 0 Å². The third-order valence-electron chi connectivity index (χ3n) is 3.17. The minimum Gasteiger partial charge on any atom is -0.367 e. The van der Waals surface area contributed by atoms with Gasteiger partial charge >= 0.3 is 0 Å². The molecule has 1 aromatic rings. The van der Waals surface area contributed by atoms with Gasteiger partial charge in [0.25, 0.3) is 0 Å². The molecule has 1 fully saturated rings. The van der Waals surface area contributed by atoms with Crippen LogP contribution in [-0.2, 0) is 6.42 Å². The summed E-state index contributed by atoms with van der Waals surface area (Å²) in [6.07, 6.45) is 5.89. The lowest BCUT2D eigenvalue weighted by molar-refractivity contribution is 0.639. The predicted octanol–water partition coefficient (Wildman–Crippen LogP) is 2.32. The van der Waals surface area contributed by atoms with Crippen molar-refractivity contribution >= 4 is 11.6 Å². The molecule has 1 unspecified atom stereocenters. The molecule has 2 rings (SSSR count). The molecular weight excluding hydrogens is 226 g/mol. The van der Waals surface area contributed by atoms with Gasteiger partial charge < -0.3 is 10.7 Å². The molecule has 0 bridgehead atoms. The number of aromatic nitrogens is 2. The standard InChI is InChI=1S/C13H23N5/c1-3-4-11-16-12(8-13(17-11)18-14)15-9(2)7-10-5-6-10/h8-10H,3-7,14H2,1-2H3,(H2,15,16,17,18). The number of nitrogens with one attached hydrogen (secondary N) is 2. The molecule has 1 aromatic heterocycles. The molecule has 5 nitrogen and oxygen atoms in total. The van der Waals surface area contributed by atoms with Crippen molar-refractivity contribution < 1.29 is 0 Å². The Morgan fingerprint density at radius 3 is 2.72 bits per heavy atom. The number of nitrogens with two attached hydrogens (primary N) is 1. The van der Waals surface area contributed by atoms with Gasteiger partial charge in [-0.15, -0.1) is 0 Å². The van der Waals surface area contributed by atoms with E-state index in [0.717, 1.165) is 30.4 Å². The summed E-state index contributed by atoms with van der Waals surface area (Å²) in [5.41, 5.74) is 2.60. The predicted molar refractivity (Wildman–Crippen MR) is 74.3 cm³/mol. The molecule has 1 heterocycles. The van der Waals surface area contributed by atoms with Crippen LogP contribution in [0.25, 0.3) is 0 Å². The topological polar surface area (TPSA) is 75.9 Å². The number of aryl methyl sites for hydroxylation is 1. The van der Waals surface area contributed by atoms with Crippen molar-refractivity contribution in [2.75, 3.05) is 10.7 Å². The molecule has 0 aliphatic heterocycles. The molecule has 0 radical (unpaired) electrons. The first-order chi connectivity index (χ1) is 8.71. The quantitative estimate of drug-likeness (QED) is 0.510. The van der Waals surface area contributed by atoms with Crippen molar-refractivity contribution in [3.8, 4) is 0 Å². The monoisotopic (exact) mass is 249 g/mol. The van der Waals surface area contributed by atoms with Crippen molar-refractivity contribution in [3.05, 3.63) is 11.9 Å². The molecule has 0 spiro atoms. The molecule has 5 heteroatoms. The highest BCUT2D eigenvalue weighted by atomic mass is 15.3. The van der Waals surface area contributed by atoms with Crippen LogP contribution in [0.2, 0.25) is 0 Å². The van der Waals surface area contributed by atoms with E-state index in [1.165, 1.54) is 19.3 Å². The maximum atomic E-state index is 5.44. The van der Waals surface area contributed by atoms with Gasteiger partial charge in [-0.25, -0.2) is 15.8 Å². The van der Waals surface area contributed by atoms with E-state index in [0.29, 0.717) is 11.9 Å². The van der Waals surface area contributed by atoms with E-state index in [2.05, 4.69) is 34.6 Å². The van der Waals surface area contributed by atoms with Crippen LogP contribution in [0.1, 0.15) is 45.4 Å². The summed E-state index contributed by atoms with van der Waals surface area (Å²) in [5, 5.41) is 3.44. The maximum Gasteiger partial charge on any atom is 0.145 e. The molecule has 4 N–H and O–H groups in total. The Balaban J connectivity index is 2.02. The van der Waals surface area contributed by atoms with Crippen LogP contribution in [0, 0.1) is 5.92 Å². The van der Waals surface area contributed by atoms with Gasteiger partial charge in [0.05, 0.1) is 0 Å². The molecule has 100 valence electrons. The van der Waals surface area contributed by atoms with E-state index < -0.39 is 0 Å². The number of hydrogen-bond acceptors (Lipinski definition) is 5. The number of anilines is 2. The summed E-state index contributed by atoms with van der Waals surface area (Å²) >= 11 is 0. The summed E-state index contributed by atoms with van der Waals surface area (Å²) in [7, 11) is 0. The molecular formula is C13H23N5. The Morgan fingerprint density at radius 2 is 2.11 bits per heavy atom. The summed E-state index contributed by atoms with van der Waals surface area (Å²) < 4.78 is 0. The Hall–Kier alpha value is -1.36. The average molecular weight is 249 g/mol. The summed E-state index contributed by atoms with van der Waals surface area (Å²) in [4.78, 5) is 8.86. The second-order valence-electron chi connectivity index (χ2n) is 5.17. The van der Waals surface area contributed by atoms with E-state index in [1.54, 1.807) is 0 Å². The minimum absolute atomic E-state index is 0.451. The van der Waals surface area contributed by atoms with Gasteiger partial charge in [0.15, 0.2) is 0 Å². The van der Waals surface area contributed by atoms with Crippen LogP contribution >= 0.6 is 0 Å². The first-order valence-electron chi connectivity index (χ1n) is 6.82. The highest BCUT2D eigenvalue weighted by Gasteiger charge is 2.23. The second-order valence-corrected chi connectivity index (χ2v) is 5.17. The van der Waals surface area contributed by atoms with Gasteiger partial charge in [0.1, 0.15) is 17.5 Å². The number of hydrazine groups is 1. The second kappa shape index (κ2) is 6.00. The van der Waals surface area contributed by atoms with Crippen LogP contribution in [0.5, 0.6) is 0 Å². The molecule has 18 heavy (non-hydrogen) atoms. The SMILES string of the molecule is CCCc1nc(NN)cc(NC(C)CC2CC2)n1. The fraction of sp³-hybridized carbons (Fsp3) is 0.692. The number of hydrogen-bond donors (Lipinski definition) is 3. The molecule has 1 aliphatic rings. The zero-order chi connectivity index (χ0) is 13.0. The molecule has 1 atom stereocenters. The smallest absolute Gasteiger partial charge is 0.145 e. The first-order valence-corrected chi connectivity index (χ1v) is 6.82. The maximum absolute atomic E-state index is 5.44. The van der Waals surface area contributed by atoms with Gasteiger partial charge in [-0.3, -0.25) is 0 Å². The third-order valence-corrected chi connectivity index (χ3v) is 3.17. The molecule has 1 saturated carbocycles. The van der Waals surface area contributed by atoms with E-state index in [-0.39, 0.29) is 0 Å². The van der Waals surface area contributed by atoms with Crippen molar-refractivity contribution in [1.29, 1.82) is 0 Å². The zero-order valence-corrected chi connectivity index (χ0v) is 11.2. The van der Waals surface area contributed by atoms with Crippen molar-refractivity contribution in [1.82, 2.24) is 9.97 Å². The fourth-order valence-corrected chi connectivity index (χ4v) is 2.15. The third kappa shape index (κ3) is 3.84. The number of rotatable bonds is 7. The lowest BCUT2D eigenvalue weighted by atomic mass is 10.1. The van der Waals surface area contributed by atoms with Gasteiger partial charge in [-0.1, -0.05) is 19.8 Å². The highest BCUT2D eigenvalue weighted by molar-refractivity contribution is 5.47. The van der Waals surface area contributed by atoms with E-state index in [9.17, 15) is 0 Å². The van der Waals surface area contributed by atoms with Crippen molar-refractivity contribution in [3.63, 3.8) is 0 Å². The average Bonchev–Trinajstić information content (AvgIpc) is 3.12. The summed E-state index contributed by atoms with van der Waals surface area (Å²) in [6.45, 7) is 4.32. The van der Waals surface area contributed by atoms with Gasteiger partial charge in [-0.05, 0) is 25.7 Å². The Morgan fingerprint density at radius 1 is 1.39 bits per heavy atom. The fourth-order valence-electron chi connectivity index (χ4n) is 2.15. The summed E-state index contributed by atoms with van der Waals surface area (Å²) in [6, 6.07) is 2.32. The first kappa shape index (κ1) is 13.1. The van der Waals surface area contributed by atoms with Gasteiger partial charge in [0, 0.05) is 18.5 Å². The summed E-state index contributed by atoms with van der Waals surface area (Å²) in [5.74, 6) is 8.74. The van der Waals surface area contributed by atoms with E-state index in [4.69, 9.17) is 5.84 Å². The zero-order valence-electron chi connectivity index (χ0n) is 11.2. The van der Waals surface area contributed by atoms with Crippen molar-refractivity contribution in [2.24, 2.45) is 11.8 Å². The van der Waals surface area contributed by atoms with Gasteiger partial charge in [-0.2, -0.15) is 0 Å². The minimum atomic E-state index is 0.451. The largest absolute Gasteiger partial charge is 0.367 e. The van der Waals surface area contributed by atoms with Crippen LogP contribution < -0.4 is 16.6 Å². The molecule has 0 amide bonds. The Bertz CT molecular complexity index is 389. The van der Waals surface area contributed by atoms with Crippen LogP contribution in [0.15, 0.2) is 6.07 Å². The van der Waals surface area contributed by atoms with Gasteiger partial charge in [0.2, 0.25) is 0 Å². The Kier molecular flexibility index (Phi) is 4.36. The lowest BCUT2D eigenvalue weighted by Gasteiger charge is -2.15.